The van der Waals surface area contributed by atoms with Crippen LogP contribution in [0.2, 0.25) is 0 Å². The van der Waals surface area contributed by atoms with Crippen LogP contribution in [0.3, 0.4) is 0 Å². The first kappa shape index (κ1) is 14.2. The molecule has 0 saturated heterocycles. The molecule has 86 valence electrons. The highest BCUT2D eigenvalue weighted by Crippen LogP contribution is 2.01. The molecule has 0 unspecified atom stereocenters. The smallest absolute Gasteiger partial charge is 0.0558 e. The Kier molecular flexibility index (Phi) is 11.5. The Morgan fingerprint density at radius 3 is 2.29 bits per heavy atom. The highest BCUT2D eigenvalue weighted by Gasteiger charge is 2.02. The van der Waals surface area contributed by atoms with E-state index in [4.69, 9.17) is 16.7 Å². The molecule has 0 aliphatic rings. The number of aliphatic hydroxyl groups is 1. The zero-order valence-electron chi connectivity index (χ0n) is 9.34. The van der Waals surface area contributed by atoms with E-state index < -0.39 is 0 Å². The van der Waals surface area contributed by atoms with E-state index in [1.54, 1.807) is 0 Å². The lowest BCUT2D eigenvalue weighted by atomic mass is 10.2. The minimum Gasteiger partial charge on any atom is -0.395 e. The Morgan fingerprint density at radius 2 is 1.71 bits per heavy atom. The Balaban J connectivity index is 3.40. The van der Waals surface area contributed by atoms with Crippen LogP contribution in [-0.2, 0) is 0 Å². The summed E-state index contributed by atoms with van der Waals surface area (Å²) in [4.78, 5) is 2.34. The lowest BCUT2D eigenvalue weighted by Crippen LogP contribution is -2.29. The van der Waals surface area contributed by atoms with Gasteiger partial charge in [0.2, 0.25) is 0 Å². The molecule has 0 fully saturated rings. The first-order valence-corrected chi connectivity index (χ1v) is 6.27. The fourth-order valence-corrected chi connectivity index (χ4v) is 1.65. The molecule has 14 heavy (non-hydrogen) atoms. The molecule has 0 rings (SSSR count). The fourth-order valence-electron chi connectivity index (χ4n) is 1.47. The van der Waals surface area contributed by atoms with Crippen LogP contribution in [0.1, 0.15) is 39.0 Å². The molecule has 0 aromatic heterocycles. The second-order valence-electron chi connectivity index (χ2n) is 3.67. The van der Waals surface area contributed by atoms with Gasteiger partial charge in [-0.1, -0.05) is 19.8 Å². The summed E-state index contributed by atoms with van der Waals surface area (Å²) in [5, 5.41) is 8.88. The molecule has 0 radical (unpaired) electrons. The zero-order valence-corrected chi connectivity index (χ0v) is 10.1. The summed E-state index contributed by atoms with van der Waals surface area (Å²) in [5.41, 5.74) is 0. The predicted octanol–water partition coefficient (Wildman–Crippen LogP) is 2.49. The van der Waals surface area contributed by atoms with Gasteiger partial charge in [0, 0.05) is 12.4 Å². The van der Waals surface area contributed by atoms with Crippen LogP contribution in [0.5, 0.6) is 0 Å². The summed E-state index contributed by atoms with van der Waals surface area (Å²) in [7, 11) is 0. The maximum absolute atomic E-state index is 8.88. The average Bonchev–Trinajstić information content (AvgIpc) is 2.20. The van der Waals surface area contributed by atoms with Crippen molar-refractivity contribution in [2.75, 3.05) is 32.1 Å². The van der Waals surface area contributed by atoms with Crippen LogP contribution < -0.4 is 0 Å². The average molecular weight is 222 g/mol. The van der Waals surface area contributed by atoms with Gasteiger partial charge in [0.15, 0.2) is 0 Å². The van der Waals surface area contributed by atoms with E-state index in [0.29, 0.717) is 0 Å². The number of hydrogen-bond donors (Lipinski definition) is 1. The van der Waals surface area contributed by atoms with Crippen molar-refractivity contribution in [3.63, 3.8) is 0 Å². The second-order valence-corrected chi connectivity index (χ2v) is 4.05. The highest BCUT2D eigenvalue weighted by atomic mass is 35.5. The van der Waals surface area contributed by atoms with Crippen molar-refractivity contribution < 1.29 is 5.11 Å². The SMILES string of the molecule is CCCCN(CCO)CCCCCCl. The van der Waals surface area contributed by atoms with Crippen molar-refractivity contribution in [2.45, 2.75) is 39.0 Å². The van der Waals surface area contributed by atoms with Gasteiger partial charge >= 0.3 is 0 Å². The first-order valence-electron chi connectivity index (χ1n) is 5.74. The van der Waals surface area contributed by atoms with E-state index >= 15 is 0 Å². The predicted molar refractivity (Wildman–Crippen MR) is 63.0 cm³/mol. The van der Waals surface area contributed by atoms with Crippen LogP contribution in [0.25, 0.3) is 0 Å². The fraction of sp³-hybridized carbons (Fsp3) is 1.00. The Bertz CT molecular complexity index is 111. The summed E-state index contributed by atoms with van der Waals surface area (Å²) in [6.45, 7) is 5.53. The molecule has 0 spiro atoms. The monoisotopic (exact) mass is 221 g/mol. The van der Waals surface area contributed by atoms with E-state index in [2.05, 4.69) is 11.8 Å². The maximum atomic E-state index is 8.88. The molecule has 0 atom stereocenters. The van der Waals surface area contributed by atoms with E-state index in [9.17, 15) is 0 Å². The van der Waals surface area contributed by atoms with E-state index in [1.807, 2.05) is 0 Å². The molecule has 0 aromatic carbocycles. The molecule has 2 nitrogen and oxygen atoms in total. The van der Waals surface area contributed by atoms with Crippen LogP contribution in [0, 0.1) is 0 Å². The highest BCUT2D eigenvalue weighted by molar-refractivity contribution is 6.17. The van der Waals surface area contributed by atoms with Crippen molar-refractivity contribution in [1.29, 1.82) is 0 Å². The number of unbranched alkanes of at least 4 members (excludes halogenated alkanes) is 3. The normalized spacial score (nSPS) is 11.1. The van der Waals surface area contributed by atoms with Crippen LogP contribution in [0.4, 0.5) is 0 Å². The van der Waals surface area contributed by atoms with Gasteiger partial charge in [-0.2, -0.15) is 0 Å². The number of halogens is 1. The van der Waals surface area contributed by atoms with Crippen LogP contribution in [-0.4, -0.2) is 42.1 Å². The summed E-state index contributed by atoms with van der Waals surface area (Å²) in [5.74, 6) is 0.773. The van der Waals surface area contributed by atoms with Gasteiger partial charge in [0.25, 0.3) is 0 Å². The number of rotatable bonds is 10. The van der Waals surface area contributed by atoms with Crippen LogP contribution in [0.15, 0.2) is 0 Å². The molecular weight excluding hydrogens is 198 g/mol. The Hall–Kier alpha value is 0.210. The number of aliphatic hydroxyl groups excluding tert-OH is 1. The van der Waals surface area contributed by atoms with Crippen molar-refractivity contribution in [2.24, 2.45) is 0 Å². The van der Waals surface area contributed by atoms with Gasteiger partial charge in [-0.3, -0.25) is 0 Å². The van der Waals surface area contributed by atoms with E-state index in [1.165, 1.54) is 25.7 Å². The molecule has 0 saturated carbocycles. The van der Waals surface area contributed by atoms with E-state index in [-0.39, 0.29) is 6.61 Å². The maximum Gasteiger partial charge on any atom is 0.0558 e. The van der Waals surface area contributed by atoms with Gasteiger partial charge in [-0.15, -0.1) is 11.6 Å². The molecular formula is C11H24ClNO. The largest absolute Gasteiger partial charge is 0.395 e. The van der Waals surface area contributed by atoms with Crippen molar-refractivity contribution >= 4 is 11.6 Å². The van der Waals surface area contributed by atoms with Crippen molar-refractivity contribution in [3.05, 3.63) is 0 Å². The summed E-state index contributed by atoms with van der Waals surface area (Å²) < 4.78 is 0. The van der Waals surface area contributed by atoms with Crippen LogP contribution >= 0.6 is 11.6 Å². The molecule has 0 aliphatic carbocycles. The lowest BCUT2D eigenvalue weighted by Gasteiger charge is -2.20. The number of alkyl halides is 1. The standard InChI is InChI=1S/C11H24ClNO/c1-2-3-8-13(10-11-14)9-6-4-5-7-12/h14H,2-11H2,1H3. The summed E-state index contributed by atoms with van der Waals surface area (Å²) in [6.07, 6.45) is 5.98. The molecule has 0 heterocycles. The molecule has 0 aliphatic heterocycles. The van der Waals surface area contributed by atoms with E-state index in [0.717, 1.165) is 31.9 Å². The number of nitrogens with zero attached hydrogens (tertiary/aromatic N) is 1. The van der Waals surface area contributed by atoms with Gasteiger partial charge in [-0.05, 0) is 32.4 Å². The van der Waals surface area contributed by atoms with Crippen molar-refractivity contribution in [3.8, 4) is 0 Å². The third kappa shape index (κ3) is 8.79. The Labute approximate surface area is 93.2 Å². The third-order valence-electron chi connectivity index (χ3n) is 2.35. The van der Waals surface area contributed by atoms with Crippen molar-refractivity contribution in [1.82, 2.24) is 4.90 Å². The minimum atomic E-state index is 0.277. The van der Waals surface area contributed by atoms with Gasteiger partial charge in [0.05, 0.1) is 6.61 Å². The molecule has 0 bridgehead atoms. The van der Waals surface area contributed by atoms with Gasteiger partial charge in [-0.25, -0.2) is 0 Å². The zero-order chi connectivity index (χ0) is 10.6. The first-order chi connectivity index (χ1) is 6.85. The molecule has 0 amide bonds. The van der Waals surface area contributed by atoms with Gasteiger partial charge < -0.3 is 10.0 Å². The summed E-state index contributed by atoms with van der Waals surface area (Å²) >= 11 is 5.61. The lowest BCUT2D eigenvalue weighted by molar-refractivity contribution is 0.191. The second kappa shape index (κ2) is 11.3. The topological polar surface area (TPSA) is 23.5 Å². The molecule has 3 heteroatoms. The quantitative estimate of drug-likeness (QED) is 0.453. The number of hydrogen-bond acceptors (Lipinski definition) is 2. The van der Waals surface area contributed by atoms with Gasteiger partial charge in [0.1, 0.15) is 0 Å². The third-order valence-corrected chi connectivity index (χ3v) is 2.62. The Morgan fingerprint density at radius 1 is 1.00 bits per heavy atom. The molecule has 0 aromatic rings. The minimum absolute atomic E-state index is 0.277. The summed E-state index contributed by atoms with van der Waals surface area (Å²) in [6, 6.07) is 0. The molecule has 1 N–H and O–H groups in total.